The second kappa shape index (κ2) is 9.43. The fourth-order valence-electron chi connectivity index (χ4n) is 3.56. The Labute approximate surface area is 154 Å². The van der Waals surface area contributed by atoms with E-state index in [2.05, 4.69) is 21.3 Å². The third kappa shape index (κ3) is 5.36. The van der Waals surface area contributed by atoms with Crippen molar-refractivity contribution in [2.75, 3.05) is 18.4 Å². The van der Waals surface area contributed by atoms with Gasteiger partial charge in [0.2, 0.25) is 5.91 Å². The van der Waals surface area contributed by atoms with Crippen molar-refractivity contribution in [2.24, 2.45) is 0 Å². The van der Waals surface area contributed by atoms with Crippen LogP contribution in [0, 0.1) is 5.82 Å². The van der Waals surface area contributed by atoms with E-state index in [0.717, 1.165) is 25.1 Å². The Morgan fingerprint density at radius 2 is 2.04 bits per heavy atom. The molecule has 1 aromatic heterocycles. The number of nitrogens with zero attached hydrogens (tertiary/aromatic N) is 2. The van der Waals surface area contributed by atoms with Gasteiger partial charge < -0.3 is 5.32 Å². The highest BCUT2D eigenvalue weighted by atomic mass is 19.1. The van der Waals surface area contributed by atoms with Crippen LogP contribution in [0.3, 0.4) is 0 Å². The van der Waals surface area contributed by atoms with E-state index in [-0.39, 0.29) is 11.6 Å². The number of pyridine rings is 1. The van der Waals surface area contributed by atoms with E-state index in [1.807, 2.05) is 18.3 Å². The average Bonchev–Trinajstić information content (AvgIpc) is 2.68. The number of halogens is 1. The molecule has 2 heterocycles. The summed E-state index contributed by atoms with van der Waals surface area (Å²) in [6, 6.07) is 12.8. The summed E-state index contributed by atoms with van der Waals surface area (Å²) in [7, 11) is 0. The van der Waals surface area contributed by atoms with Crippen molar-refractivity contribution in [3.8, 4) is 0 Å². The number of carbonyl (C=O) groups is 1. The van der Waals surface area contributed by atoms with Crippen LogP contribution in [-0.2, 0) is 11.2 Å². The number of amides is 1. The number of benzene rings is 1. The van der Waals surface area contributed by atoms with Crippen molar-refractivity contribution in [3.05, 3.63) is 60.2 Å². The van der Waals surface area contributed by atoms with Crippen LogP contribution in [0.1, 0.15) is 37.8 Å². The molecule has 1 aromatic carbocycles. The minimum absolute atomic E-state index is 0.135. The van der Waals surface area contributed by atoms with Crippen LogP contribution in [0.15, 0.2) is 48.7 Å². The van der Waals surface area contributed by atoms with Gasteiger partial charge in [-0.05, 0) is 56.5 Å². The monoisotopic (exact) mass is 355 g/mol. The fourth-order valence-corrected chi connectivity index (χ4v) is 3.56. The van der Waals surface area contributed by atoms with Gasteiger partial charge in [0, 0.05) is 30.9 Å². The Hall–Kier alpha value is -2.27. The molecule has 3 rings (SSSR count). The van der Waals surface area contributed by atoms with Gasteiger partial charge in [-0.1, -0.05) is 24.6 Å². The average molecular weight is 355 g/mol. The van der Waals surface area contributed by atoms with Gasteiger partial charge in [-0.15, -0.1) is 0 Å². The molecule has 1 amide bonds. The van der Waals surface area contributed by atoms with Gasteiger partial charge in [0.15, 0.2) is 0 Å². The predicted octanol–water partition coefficient (Wildman–Crippen LogP) is 4.04. The lowest BCUT2D eigenvalue weighted by Crippen LogP contribution is -2.41. The lowest BCUT2D eigenvalue weighted by atomic mass is 9.97. The van der Waals surface area contributed by atoms with Gasteiger partial charge >= 0.3 is 0 Å². The van der Waals surface area contributed by atoms with Crippen LogP contribution >= 0.6 is 0 Å². The van der Waals surface area contributed by atoms with E-state index < -0.39 is 5.82 Å². The summed E-state index contributed by atoms with van der Waals surface area (Å²) >= 11 is 0. The highest BCUT2D eigenvalue weighted by Crippen LogP contribution is 2.21. The van der Waals surface area contributed by atoms with Gasteiger partial charge in [-0.2, -0.15) is 0 Å². The molecule has 0 spiro atoms. The summed E-state index contributed by atoms with van der Waals surface area (Å²) in [5.74, 6) is -0.531. The molecule has 1 N–H and O–H groups in total. The molecular weight excluding hydrogens is 329 g/mol. The van der Waals surface area contributed by atoms with Crippen LogP contribution in [-0.4, -0.2) is 34.9 Å². The van der Waals surface area contributed by atoms with E-state index in [4.69, 9.17) is 0 Å². The second-order valence-electron chi connectivity index (χ2n) is 6.82. The van der Waals surface area contributed by atoms with Crippen molar-refractivity contribution in [3.63, 3.8) is 0 Å². The molecule has 1 saturated heterocycles. The Morgan fingerprint density at radius 3 is 2.85 bits per heavy atom. The van der Waals surface area contributed by atoms with E-state index >= 15 is 0 Å². The van der Waals surface area contributed by atoms with E-state index in [1.165, 1.54) is 25.3 Å². The van der Waals surface area contributed by atoms with Crippen LogP contribution in [0.2, 0.25) is 0 Å². The number of likely N-dealkylation sites (tertiary alicyclic amines) is 1. The van der Waals surface area contributed by atoms with Crippen molar-refractivity contribution < 1.29 is 9.18 Å². The number of hydrogen-bond acceptors (Lipinski definition) is 3. The molecular formula is C21H26FN3O. The first kappa shape index (κ1) is 18.5. The standard InChI is InChI=1S/C21H26FN3O/c22-19-9-1-2-10-20(19)24-21(26)13-16-25-15-6-4-8-18(25)12-11-17-7-3-5-14-23-17/h1-3,5,7,9-10,14,18H,4,6,8,11-13,15-16H2,(H,24,26)/t18-/m1/s1. The molecule has 0 aliphatic carbocycles. The Morgan fingerprint density at radius 1 is 1.19 bits per heavy atom. The first-order valence-corrected chi connectivity index (χ1v) is 9.41. The first-order valence-electron chi connectivity index (χ1n) is 9.41. The number of aryl methyl sites for hydroxylation is 1. The Kier molecular flexibility index (Phi) is 6.72. The van der Waals surface area contributed by atoms with Crippen LogP contribution in [0.25, 0.3) is 0 Å². The number of anilines is 1. The largest absolute Gasteiger partial charge is 0.324 e. The molecule has 4 nitrogen and oxygen atoms in total. The molecule has 0 radical (unpaired) electrons. The Bertz CT molecular complexity index is 707. The quantitative estimate of drug-likeness (QED) is 0.815. The molecule has 1 aliphatic heterocycles. The van der Waals surface area contributed by atoms with Crippen LogP contribution in [0.5, 0.6) is 0 Å². The summed E-state index contributed by atoms with van der Waals surface area (Å²) in [5, 5.41) is 2.67. The molecule has 0 unspecified atom stereocenters. The van der Waals surface area contributed by atoms with Crippen molar-refractivity contribution in [2.45, 2.75) is 44.6 Å². The molecule has 1 atom stereocenters. The molecule has 2 aromatic rings. The molecule has 1 fully saturated rings. The van der Waals surface area contributed by atoms with Crippen molar-refractivity contribution >= 4 is 11.6 Å². The van der Waals surface area contributed by atoms with Crippen LogP contribution in [0.4, 0.5) is 10.1 Å². The number of piperidine rings is 1. The summed E-state index contributed by atoms with van der Waals surface area (Å²) in [6.45, 7) is 1.74. The lowest BCUT2D eigenvalue weighted by molar-refractivity contribution is -0.116. The van der Waals surface area contributed by atoms with Gasteiger partial charge in [0.1, 0.15) is 5.82 Å². The number of carbonyl (C=O) groups excluding carboxylic acids is 1. The Balaban J connectivity index is 1.48. The minimum Gasteiger partial charge on any atom is -0.324 e. The number of hydrogen-bond donors (Lipinski definition) is 1. The minimum atomic E-state index is -0.396. The van der Waals surface area contributed by atoms with Gasteiger partial charge in [-0.3, -0.25) is 14.7 Å². The molecule has 138 valence electrons. The maximum Gasteiger partial charge on any atom is 0.225 e. The zero-order chi connectivity index (χ0) is 18.2. The van der Waals surface area contributed by atoms with Crippen LogP contribution < -0.4 is 5.32 Å². The molecule has 26 heavy (non-hydrogen) atoms. The number of para-hydroxylation sites is 1. The van der Waals surface area contributed by atoms with Crippen molar-refractivity contribution in [1.29, 1.82) is 0 Å². The summed E-state index contributed by atoms with van der Waals surface area (Å²) in [4.78, 5) is 19.0. The van der Waals surface area contributed by atoms with Gasteiger partial charge in [-0.25, -0.2) is 4.39 Å². The highest BCUT2D eigenvalue weighted by molar-refractivity contribution is 5.90. The third-order valence-electron chi connectivity index (χ3n) is 4.98. The zero-order valence-corrected chi connectivity index (χ0v) is 15.0. The highest BCUT2D eigenvalue weighted by Gasteiger charge is 2.22. The van der Waals surface area contributed by atoms with Gasteiger partial charge in [0.25, 0.3) is 0 Å². The second-order valence-corrected chi connectivity index (χ2v) is 6.82. The smallest absolute Gasteiger partial charge is 0.225 e. The molecule has 0 saturated carbocycles. The first-order chi connectivity index (χ1) is 12.7. The zero-order valence-electron chi connectivity index (χ0n) is 15.0. The predicted molar refractivity (Wildman–Crippen MR) is 101 cm³/mol. The summed E-state index contributed by atoms with van der Waals surface area (Å²) in [5.41, 5.74) is 1.37. The maximum absolute atomic E-state index is 13.6. The van der Waals surface area contributed by atoms with E-state index in [1.54, 1.807) is 18.2 Å². The topological polar surface area (TPSA) is 45.2 Å². The van der Waals surface area contributed by atoms with E-state index in [9.17, 15) is 9.18 Å². The molecule has 1 aliphatic rings. The normalized spacial score (nSPS) is 17.8. The molecule has 0 bridgehead atoms. The third-order valence-corrected chi connectivity index (χ3v) is 4.98. The van der Waals surface area contributed by atoms with Crippen molar-refractivity contribution in [1.82, 2.24) is 9.88 Å². The number of rotatable bonds is 7. The fraction of sp³-hybridized carbons (Fsp3) is 0.429. The number of nitrogens with one attached hydrogen (secondary N) is 1. The van der Waals surface area contributed by atoms with Gasteiger partial charge in [0.05, 0.1) is 5.69 Å². The summed E-state index contributed by atoms with van der Waals surface area (Å²) in [6.07, 6.45) is 7.83. The number of aromatic nitrogens is 1. The van der Waals surface area contributed by atoms with E-state index in [0.29, 0.717) is 19.0 Å². The maximum atomic E-state index is 13.6. The molecule has 5 heteroatoms. The summed E-state index contributed by atoms with van der Waals surface area (Å²) < 4.78 is 13.6. The SMILES string of the molecule is O=C(CCN1CCCC[C@@H]1CCc1ccccn1)Nc1ccccc1F. The lowest BCUT2D eigenvalue weighted by Gasteiger charge is -2.35.